The third-order valence-electron chi connectivity index (χ3n) is 4.61. The summed E-state index contributed by atoms with van der Waals surface area (Å²) in [5, 5.41) is 5.57. The minimum atomic E-state index is -0.206. The van der Waals surface area contributed by atoms with Crippen LogP contribution in [0.25, 0.3) is 0 Å². The van der Waals surface area contributed by atoms with E-state index in [0.717, 1.165) is 26.2 Å². The Morgan fingerprint density at radius 2 is 2.04 bits per heavy atom. The lowest BCUT2D eigenvalue weighted by atomic mass is 10.2. The number of aromatic nitrogens is 2. The summed E-state index contributed by atoms with van der Waals surface area (Å²) in [6, 6.07) is -0.0784. The van der Waals surface area contributed by atoms with E-state index in [0.29, 0.717) is 43.4 Å². The van der Waals surface area contributed by atoms with Crippen LogP contribution < -0.4 is 15.5 Å². The first kappa shape index (κ1) is 17.4. The van der Waals surface area contributed by atoms with Gasteiger partial charge in [0.15, 0.2) is 0 Å². The first-order chi connectivity index (χ1) is 12.0. The quantitative estimate of drug-likeness (QED) is 0.731. The number of carbonyl (C=O) groups excluding carboxylic acids is 2. The first-order valence-electron chi connectivity index (χ1n) is 8.62. The molecule has 0 atom stereocenters. The molecule has 0 bridgehead atoms. The van der Waals surface area contributed by atoms with E-state index < -0.39 is 0 Å². The molecule has 9 heteroatoms. The van der Waals surface area contributed by atoms with Gasteiger partial charge in [-0.05, 0) is 14.0 Å². The van der Waals surface area contributed by atoms with Gasteiger partial charge in [0.25, 0.3) is 5.91 Å². The average molecular weight is 347 g/mol. The molecule has 0 aliphatic carbocycles. The van der Waals surface area contributed by atoms with Crippen molar-refractivity contribution in [3.05, 3.63) is 17.5 Å². The second-order valence-corrected chi connectivity index (χ2v) is 6.43. The number of amides is 3. The number of nitrogens with zero attached hydrogens (tertiary/aromatic N) is 5. The fourth-order valence-corrected chi connectivity index (χ4v) is 2.96. The number of piperazine rings is 1. The number of hydrogen-bond acceptors (Lipinski definition) is 6. The molecule has 0 saturated carbocycles. The van der Waals surface area contributed by atoms with Gasteiger partial charge in [-0.15, -0.1) is 0 Å². The third kappa shape index (κ3) is 4.16. The zero-order valence-electron chi connectivity index (χ0n) is 14.8. The van der Waals surface area contributed by atoms with Gasteiger partial charge in [-0.2, -0.15) is 0 Å². The Balaban J connectivity index is 1.54. The van der Waals surface area contributed by atoms with Crippen LogP contribution in [-0.2, 0) is 0 Å². The summed E-state index contributed by atoms with van der Waals surface area (Å²) >= 11 is 0. The number of hydrogen-bond donors (Lipinski definition) is 2. The Hall–Kier alpha value is -2.42. The Morgan fingerprint density at radius 1 is 1.28 bits per heavy atom. The number of rotatable bonds is 5. The van der Waals surface area contributed by atoms with E-state index in [4.69, 9.17) is 0 Å². The summed E-state index contributed by atoms with van der Waals surface area (Å²) in [5.74, 6) is 0.470. The predicted molar refractivity (Wildman–Crippen MR) is 93.8 cm³/mol. The van der Waals surface area contributed by atoms with Crippen molar-refractivity contribution in [3.8, 4) is 0 Å². The summed E-state index contributed by atoms with van der Waals surface area (Å²) < 4.78 is 0. The van der Waals surface area contributed by atoms with Gasteiger partial charge >= 0.3 is 6.03 Å². The van der Waals surface area contributed by atoms with Crippen molar-refractivity contribution in [3.63, 3.8) is 0 Å². The monoisotopic (exact) mass is 347 g/mol. The minimum absolute atomic E-state index is 0.0784. The van der Waals surface area contributed by atoms with Gasteiger partial charge < -0.3 is 25.3 Å². The van der Waals surface area contributed by atoms with Gasteiger partial charge in [0.2, 0.25) is 5.95 Å². The summed E-state index contributed by atoms with van der Waals surface area (Å²) in [7, 11) is 2.10. The van der Waals surface area contributed by atoms with Crippen molar-refractivity contribution in [2.75, 3.05) is 64.3 Å². The van der Waals surface area contributed by atoms with Gasteiger partial charge in [-0.25, -0.2) is 14.8 Å². The van der Waals surface area contributed by atoms with E-state index >= 15 is 0 Å². The van der Waals surface area contributed by atoms with Crippen LogP contribution in [-0.4, -0.2) is 91.1 Å². The van der Waals surface area contributed by atoms with E-state index in [9.17, 15) is 9.59 Å². The molecule has 0 spiro atoms. The maximum atomic E-state index is 12.3. The first-order valence-corrected chi connectivity index (χ1v) is 8.62. The molecule has 1 aromatic rings. The molecule has 25 heavy (non-hydrogen) atoms. The molecule has 2 aliphatic rings. The van der Waals surface area contributed by atoms with Crippen molar-refractivity contribution >= 4 is 17.9 Å². The second-order valence-electron chi connectivity index (χ2n) is 6.43. The molecule has 2 fully saturated rings. The summed E-state index contributed by atoms with van der Waals surface area (Å²) in [4.78, 5) is 38.7. The summed E-state index contributed by atoms with van der Waals surface area (Å²) in [5.41, 5.74) is 1.14. The van der Waals surface area contributed by atoms with Crippen LogP contribution in [0.4, 0.5) is 10.7 Å². The molecule has 0 aromatic carbocycles. The molecule has 2 N–H and O–H groups in total. The molecule has 2 aliphatic heterocycles. The molecule has 136 valence electrons. The zero-order valence-corrected chi connectivity index (χ0v) is 14.8. The molecular weight excluding hydrogens is 322 g/mol. The Morgan fingerprint density at radius 3 is 2.68 bits per heavy atom. The zero-order chi connectivity index (χ0) is 17.8. The smallest absolute Gasteiger partial charge is 0.317 e. The van der Waals surface area contributed by atoms with Crippen molar-refractivity contribution < 1.29 is 9.59 Å². The largest absolute Gasteiger partial charge is 0.350 e. The van der Waals surface area contributed by atoms with Gasteiger partial charge in [0.05, 0.1) is 11.3 Å². The van der Waals surface area contributed by atoms with Crippen LogP contribution in [0.5, 0.6) is 0 Å². The molecule has 2 saturated heterocycles. The van der Waals surface area contributed by atoms with E-state index in [1.54, 1.807) is 11.1 Å². The predicted octanol–water partition coefficient (Wildman–Crippen LogP) is -0.708. The highest BCUT2D eigenvalue weighted by Gasteiger charge is 2.20. The van der Waals surface area contributed by atoms with Crippen LogP contribution >= 0.6 is 0 Å². The van der Waals surface area contributed by atoms with E-state index in [-0.39, 0.29) is 11.9 Å². The van der Waals surface area contributed by atoms with Crippen molar-refractivity contribution in [1.82, 2.24) is 30.4 Å². The molecule has 3 amide bonds. The fourth-order valence-electron chi connectivity index (χ4n) is 2.96. The van der Waals surface area contributed by atoms with E-state index in [1.807, 2.05) is 6.92 Å². The molecule has 0 radical (unpaired) electrons. The Bertz CT molecular complexity index is 643. The maximum Gasteiger partial charge on any atom is 0.317 e. The fraction of sp³-hybridized carbons (Fsp3) is 0.625. The Kier molecular flexibility index (Phi) is 5.32. The van der Waals surface area contributed by atoms with Crippen LogP contribution in [0, 0.1) is 6.92 Å². The highest BCUT2D eigenvalue weighted by molar-refractivity contribution is 5.95. The lowest BCUT2D eigenvalue weighted by Gasteiger charge is -2.32. The topological polar surface area (TPSA) is 93.7 Å². The lowest BCUT2D eigenvalue weighted by molar-refractivity contribution is 0.0949. The number of likely N-dealkylation sites (N-methyl/N-ethyl adjacent to an activating group) is 1. The molecular formula is C16H25N7O2. The van der Waals surface area contributed by atoms with Crippen LogP contribution in [0.2, 0.25) is 0 Å². The number of nitrogens with one attached hydrogen (secondary N) is 2. The average Bonchev–Trinajstić information content (AvgIpc) is 3.00. The van der Waals surface area contributed by atoms with Crippen LogP contribution in [0.1, 0.15) is 16.1 Å². The minimum Gasteiger partial charge on any atom is -0.350 e. The highest BCUT2D eigenvalue weighted by Crippen LogP contribution is 2.13. The summed E-state index contributed by atoms with van der Waals surface area (Å²) in [6.07, 6.45) is 1.59. The maximum absolute atomic E-state index is 12.3. The Labute approximate surface area is 147 Å². The standard InChI is InChI=1S/C16H25N7O2/c1-12-13(14(24)17-3-5-23-6-4-18-16(23)25)11-19-15(20-12)22-9-7-21(2)8-10-22/h11H,3-10H2,1-2H3,(H,17,24)(H,18,25). The van der Waals surface area contributed by atoms with Gasteiger partial charge in [-0.1, -0.05) is 0 Å². The molecule has 0 unspecified atom stereocenters. The number of carbonyl (C=O) groups is 2. The van der Waals surface area contributed by atoms with Crippen molar-refractivity contribution in [2.45, 2.75) is 6.92 Å². The van der Waals surface area contributed by atoms with Gasteiger partial charge in [0.1, 0.15) is 0 Å². The summed E-state index contributed by atoms with van der Waals surface area (Å²) in [6.45, 7) is 7.80. The van der Waals surface area contributed by atoms with E-state index in [1.165, 1.54) is 0 Å². The second kappa shape index (κ2) is 7.64. The third-order valence-corrected chi connectivity index (χ3v) is 4.61. The van der Waals surface area contributed by atoms with Gasteiger partial charge in [-0.3, -0.25) is 4.79 Å². The molecule has 3 heterocycles. The number of aryl methyl sites for hydroxylation is 1. The van der Waals surface area contributed by atoms with Crippen LogP contribution in [0.3, 0.4) is 0 Å². The lowest BCUT2D eigenvalue weighted by Crippen LogP contribution is -2.45. The van der Waals surface area contributed by atoms with Gasteiger partial charge in [0, 0.05) is 58.6 Å². The molecule has 1 aromatic heterocycles. The SMILES string of the molecule is Cc1nc(N2CCN(C)CC2)ncc1C(=O)NCCN1CCNC1=O. The number of anilines is 1. The normalized spacial score (nSPS) is 18.4. The van der Waals surface area contributed by atoms with Crippen LogP contribution in [0.15, 0.2) is 6.20 Å². The molecule has 9 nitrogen and oxygen atoms in total. The molecule has 3 rings (SSSR count). The number of urea groups is 1. The highest BCUT2D eigenvalue weighted by atomic mass is 16.2. The van der Waals surface area contributed by atoms with E-state index in [2.05, 4.69) is 37.4 Å². The van der Waals surface area contributed by atoms with Crippen molar-refractivity contribution in [1.29, 1.82) is 0 Å². The van der Waals surface area contributed by atoms with Crippen molar-refractivity contribution in [2.24, 2.45) is 0 Å².